The molecule has 0 spiro atoms. The summed E-state index contributed by atoms with van der Waals surface area (Å²) in [4.78, 5) is 21.7. The first-order chi connectivity index (χ1) is 19.0. The van der Waals surface area contributed by atoms with Gasteiger partial charge in [-0.25, -0.2) is 0 Å². The lowest BCUT2D eigenvalue weighted by Gasteiger charge is -2.53. The van der Waals surface area contributed by atoms with Crippen molar-refractivity contribution in [3.63, 3.8) is 0 Å². The molecular formula is C37H61O4P. The van der Waals surface area contributed by atoms with Crippen LogP contribution in [-0.4, -0.2) is 21.5 Å². The second-order valence-corrected chi connectivity index (χ2v) is 17.1. The largest absolute Gasteiger partial charge is 0.396 e. The van der Waals surface area contributed by atoms with E-state index < -0.39 is 19.6 Å². The molecule has 0 amide bonds. The topological polar surface area (TPSA) is 69.9 Å². The normalized spacial score (nSPS) is 15.3. The zero-order chi connectivity index (χ0) is 32.5. The van der Waals surface area contributed by atoms with Crippen LogP contribution in [0.25, 0.3) is 0 Å². The molecule has 42 heavy (non-hydrogen) atoms. The molecule has 0 aliphatic rings. The van der Waals surface area contributed by atoms with Gasteiger partial charge in [0.05, 0.1) is 6.61 Å². The van der Waals surface area contributed by atoms with Gasteiger partial charge in [-0.2, -0.15) is 0 Å². The summed E-state index contributed by atoms with van der Waals surface area (Å²) in [6, 6.07) is 13.2. The Bertz CT molecular complexity index is 1110. The van der Waals surface area contributed by atoms with Gasteiger partial charge in [-0.1, -0.05) is 146 Å². The van der Waals surface area contributed by atoms with Crippen LogP contribution in [0.4, 0.5) is 0 Å². The summed E-state index contributed by atoms with van der Waals surface area (Å²) < 4.78 is 6.69. The average Bonchev–Trinajstić information content (AvgIpc) is 2.85. The van der Waals surface area contributed by atoms with E-state index in [4.69, 9.17) is 4.52 Å². The smallest absolute Gasteiger partial charge is 0.328 e. The molecular weight excluding hydrogens is 539 g/mol. The molecule has 4 nitrogen and oxygen atoms in total. The van der Waals surface area contributed by atoms with E-state index in [1.165, 1.54) is 11.1 Å². The predicted molar refractivity (Wildman–Crippen MR) is 180 cm³/mol. The highest BCUT2D eigenvalue weighted by atomic mass is 31.2. The first kappa shape index (κ1) is 36.9. The second-order valence-electron chi connectivity index (χ2n) is 16.4. The molecule has 1 unspecified atom stereocenters. The van der Waals surface area contributed by atoms with Crippen molar-refractivity contribution in [1.29, 1.82) is 0 Å². The maximum Gasteiger partial charge on any atom is 0.328 e. The van der Waals surface area contributed by atoms with Gasteiger partial charge in [-0.3, -0.25) is 4.52 Å². The van der Waals surface area contributed by atoms with Crippen molar-refractivity contribution >= 4 is 8.60 Å². The molecule has 0 aliphatic heterocycles. The van der Waals surface area contributed by atoms with Gasteiger partial charge in [0, 0.05) is 5.41 Å². The van der Waals surface area contributed by atoms with E-state index in [2.05, 4.69) is 133 Å². The van der Waals surface area contributed by atoms with Gasteiger partial charge in [-0.15, -0.1) is 0 Å². The van der Waals surface area contributed by atoms with Gasteiger partial charge in [0.2, 0.25) is 0 Å². The van der Waals surface area contributed by atoms with E-state index in [0.717, 1.165) is 35.1 Å². The molecule has 5 heteroatoms. The number of unbranched alkanes of at least 4 members (excludes halogenated alkanes) is 1. The fourth-order valence-corrected chi connectivity index (χ4v) is 6.97. The van der Waals surface area contributed by atoms with Gasteiger partial charge in [0.25, 0.3) is 0 Å². The minimum Gasteiger partial charge on any atom is -0.396 e. The highest BCUT2D eigenvalue weighted by Crippen LogP contribution is 2.60. The van der Waals surface area contributed by atoms with Crippen molar-refractivity contribution in [3.8, 4) is 0 Å². The van der Waals surface area contributed by atoms with Crippen LogP contribution in [0, 0.1) is 5.41 Å². The fourth-order valence-electron chi connectivity index (χ4n) is 6.33. The molecule has 1 atom stereocenters. The first-order valence-corrected chi connectivity index (χ1v) is 17.0. The quantitative estimate of drug-likeness (QED) is 0.237. The molecule has 0 aliphatic carbocycles. The van der Waals surface area contributed by atoms with Crippen LogP contribution < -0.4 is 0 Å². The molecule has 0 saturated heterocycles. The Hall–Kier alpha value is -1.29. The van der Waals surface area contributed by atoms with Crippen LogP contribution in [0.15, 0.2) is 36.4 Å². The van der Waals surface area contributed by atoms with Crippen molar-refractivity contribution in [3.05, 3.63) is 69.8 Å². The highest BCUT2D eigenvalue weighted by Gasteiger charge is 2.57. The minimum atomic E-state index is -2.79. The van der Waals surface area contributed by atoms with E-state index in [9.17, 15) is 14.9 Å². The maximum absolute atomic E-state index is 11.5. The molecule has 0 radical (unpaired) electrons. The van der Waals surface area contributed by atoms with Gasteiger partial charge in [0.1, 0.15) is 5.60 Å². The third-order valence-corrected chi connectivity index (χ3v) is 9.54. The Morgan fingerprint density at radius 3 is 1.29 bits per heavy atom. The fraction of sp³-hybridized carbons (Fsp3) is 0.676. The summed E-state index contributed by atoms with van der Waals surface area (Å²) in [6.45, 7) is 30.6. The Morgan fingerprint density at radius 2 is 1.02 bits per heavy atom. The van der Waals surface area contributed by atoms with Crippen LogP contribution >= 0.6 is 8.60 Å². The van der Waals surface area contributed by atoms with E-state index >= 15 is 0 Å². The molecule has 2 aromatic rings. The summed E-state index contributed by atoms with van der Waals surface area (Å²) >= 11 is 0. The Kier molecular flexibility index (Phi) is 11.4. The second kappa shape index (κ2) is 13.0. The van der Waals surface area contributed by atoms with E-state index in [1.807, 2.05) is 0 Å². The summed E-state index contributed by atoms with van der Waals surface area (Å²) in [5, 5.41) is 11.5. The minimum absolute atomic E-state index is 0.0748. The van der Waals surface area contributed by atoms with Gasteiger partial charge in [-0.05, 0) is 67.9 Å². The average molecular weight is 601 g/mol. The highest BCUT2D eigenvalue weighted by molar-refractivity contribution is 7.39. The van der Waals surface area contributed by atoms with Gasteiger partial charge >= 0.3 is 8.60 Å². The van der Waals surface area contributed by atoms with Crippen LogP contribution in [0.2, 0.25) is 0 Å². The summed E-state index contributed by atoms with van der Waals surface area (Å²) in [5.41, 5.74) is 3.54. The predicted octanol–water partition coefficient (Wildman–Crippen LogP) is 9.93. The Morgan fingerprint density at radius 1 is 0.619 bits per heavy atom. The van der Waals surface area contributed by atoms with Crippen molar-refractivity contribution < 1.29 is 19.4 Å². The van der Waals surface area contributed by atoms with E-state index in [1.54, 1.807) is 0 Å². The molecule has 0 heterocycles. The van der Waals surface area contributed by atoms with Gasteiger partial charge in [0.15, 0.2) is 0 Å². The third kappa shape index (κ3) is 7.49. The van der Waals surface area contributed by atoms with Crippen molar-refractivity contribution in [2.24, 2.45) is 5.41 Å². The summed E-state index contributed by atoms with van der Waals surface area (Å²) in [6.07, 6.45) is 3.11. The van der Waals surface area contributed by atoms with E-state index in [0.29, 0.717) is 12.8 Å². The number of aliphatic hydroxyl groups is 1. The monoisotopic (exact) mass is 600 g/mol. The Labute approximate surface area is 259 Å². The van der Waals surface area contributed by atoms with Crippen molar-refractivity contribution in [2.45, 2.75) is 150 Å². The number of aliphatic hydroxyl groups excluding tert-OH is 1. The lowest BCUT2D eigenvalue weighted by atomic mass is 9.57. The van der Waals surface area contributed by atoms with Crippen molar-refractivity contribution in [1.82, 2.24) is 0 Å². The van der Waals surface area contributed by atoms with Gasteiger partial charge < -0.3 is 14.9 Å². The van der Waals surface area contributed by atoms with Crippen LogP contribution in [0.1, 0.15) is 156 Å². The standard InChI is InChI=1S/C37H61O4P/c1-15-17-22-36(16-2,25-38)37(41-42(39)40,28-20-18-26(32(3,4)5)23-30(28)34(9,10)11)29-21-19-27(33(6,7)8)24-31(29)35(12,13)14/h18-21,23-24,38-40H,15-17,22,25H2,1-14H3. The summed E-state index contributed by atoms with van der Waals surface area (Å²) in [5.74, 6) is 0. The molecule has 0 fully saturated rings. The SMILES string of the molecule is CCCCC(CC)(CO)C(OP(O)O)(c1ccc(C(C)(C)C)cc1C(C)(C)C)c1ccc(C(C)(C)C)cc1C(C)(C)C. The molecule has 3 N–H and O–H groups in total. The Balaban J connectivity index is 3.39. The number of hydrogen-bond donors (Lipinski definition) is 3. The molecule has 0 aromatic heterocycles. The zero-order valence-electron chi connectivity index (χ0n) is 29.2. The first-order valence-electron chi connectivity index (χ1n) is 15.8. The maximum atomic E-state index is 11.5. The van der Waals surface area contributed by atoms with E-state index in [-0.39, 0.29) is 28.3 Å². The molecule has 0 saturated carbocycles. The number of hydrogen-bond acceptors (Lipinski definition) is 4. The molecule has 238 valence electrons. The summed E-state index contributed by atoms with van der Waals surface area (Å²) in [7, 11) is -2.79. The third-order valence-electron chi connectivity index (χ3n) is 9.10. The van der Waals surface area contributed by atoms with Crippen LogP contribution in [0.5, 0.6) is 0 Å². The molecule has 0 bridgehead atoms. The number of rotatable bonds is 10. The zero-order valence-corrected chi connectivity index (χ0v) is 30.1. The lowest BCUT2D eigenvalue weighted by Crippen LogP contribution is -2.52. The van der Waals surface area contributed by atoms with Crippen molar-refractivity contribution in [2.75, 3.05) is 6.61 Å². The number of benzene rings is 2. The lowest BCUT2D eigenvalue weighted by molar-refractivity contribution is -0.0834. The molecule has 2 aromatic carbocycles. The van der Waals surface area contributed by atoms with Crippen LogP contribution in [0.3, 0.4) is 0 Å². The molecule has 2 rings (SSSR count). The van der Waals surface area contributed by atoms with Crippen LogP contribution in [-0.2, 0) is 31.8 Å².